The highest BCUT2D eigenvalue weighted by Gasteiger charge is 2.17. The van der Waals surface area contributed by atoms with Gasteiger partial charge in [-0.05, 0) is 101 Å². The molecule has 0 aliphatic rings. The Morgan fingerprint density at radius 1 is 0.396 bits per heavy atom. The molecule has 48 heavy (non-hydrogen) atoms. The lowest BCUT2D eigenvalue weighted by Crippen LogP contribution is -1.95. The number of para-hydroxylation sites is 3. The highest BCUT2D eigenvalue weighted by molar-refractivity contribution is 7.17. The molecule has 0 saturated heterocycles. The molecule has 3 aromatic heterocycles. The predicted molar refractivity (Wildman–Crippen MR) is 206 cm³/mol. The van der Waals surface area contributed by atoms with Crippen LogP contribution < -0.4 is 0 Å². The van der Waals surface area contributed by atoms with Crippen LogP contribution in [0.1, 0.15) is 5.56 Å². The van der Waals surface area contributed by atoms with E-state index in [4.69, 9.17) is 0 Å². The third-order valence-electron chi connectivity index (χ3n) is 9.81. The van der Waals surface area contributed by atoms with Gasteiger partial charge in [-0.1, -0.05) is 91.0 Å². The van der Waals surface area contributed by atoms with E-state index in [0.29, 0.717) is 0 Å². The van der Waals surface area contributed by atoms with Crippen LogP contribution in [0, 0.1) is 6.92 Å². The van der Waals surface area contributed by atoms with Crippen molar-refractivity contribution in [2.24, 2.45) is 0 Å². The summed E-state index contributed by atoms with van der Waals surface area (Å²) in [6.45, 7) is 2.21. The number of hydrogen-bond acceptors (Lipinski definition) is 1. The molecule has 0 amide bonds. The first-order valence-electron chi connectivity index (χ1n) is 16.4. The molecule has 0 saturated carbocycles. The van der Waals surface area contributed by atoms with E-state index in [0.717, 1.165) is 0 Å². The van der Waals surface area contributed by atoms with E-state index < -0.39 is 0 Å². The zero-order chi connectivity index (χ0) is 31.8. The van der Waals surface area contributed by atoms with Crippen LogP contribution in [-0.4, -0.2) is 9.13 Å². The van der Waals surface area contributed by atoms with Crippen molar-refractivity contribution in [2.75, 3.05) is 0 Å². The number of benzene rings is 7. The first-order chi connectivity index (χ1) is 23.7. The molecule has 3 heteroatoms. The lowest BCUT2D eigenvalue weighted by atomic mass is 10.0. The van der Waals surface area contributed by atoms with E-state index in [1.54, 1.807) is 0 Å². The predicted octanol–water partition coefficient (Wildman–Crippen LogP) is 12.7. The number of aromatic nitrogens is 2. The van der Waals surface area contributed by atoms with Crippen LogP contribution in [-0.2, 0) is 0 Å². The molecule has 0 fully saturated rings. The van der Waals surface area contributed by atoms with Crippen molar-refractivity contribution in [3.63, 3.8) is 0 Å². The van der Waals surface area contributed by atoms with Gasteiger partial charge in [-0.3, -0.25) is 0 Å². The van der Waals surface area contributed by atoms with Gasteiger partial charge in [-0.15, -0.1) is 11.3 Å². The summed E-state index contributed by atoms with van der Waals surface area (Å²) < 4.78 is 6.14. The zero-order valence-electron chi connectivity index (χ0n) is 26.4. The van der Waals surface area contributed by atoms with Crippen molar-refractivity contribution in [1.29, 1.82) is 0 Å². The van der Waals surface area contributed by atoms with E-state index in [1.807, 2.05) is 11.3 Å². The van der Waals surface area contributed by atoms with Crippen LogP contribution >= 0.6 is 11.3 Å². The molecule has 10 aromatic rings. The minimum atomic E-state index is 1.18. The standard InChI is InChI=1S/C45H30N2S/c1-29-23-32(40-28-48-45-18-10-7-15-37(40)45)25-34(24-29)47-42-17-9-6-14-36(42)39-27-31(20-22-44(39)47)30-19-21-43-38(26-30)35-13-5-8-16-41(35)46(43)33-11-3-2-4-12-33/h2-28H,1H3. The van der Waals surface area contributed by atoms with Gasteiger partial charge in [-0.2, -0.15) is 0 Å². The van der Waals surface area contributed by atoms with Crippen molar-refractivity contribution < 1.29 is 0 Å². The van der Waals surface area contributed by atoms with Gasteiger partial charge in [0, 0.05) is 48.6 Å². The normalized spacial score (nSPS) is 11.9. The summed E-state index contributed by atoms with van der Waals surface area (Å²) in [6.07, 6.45) is 0. The number of aryl methyl sites for hydroxylation is 1. The molecule has 0 radical (unpaired) electrons. The summed E-state index contributed by atoms with van der Waals surface area (Å²) in [5, 5.41) is 8.68. The minimum absolute atomic E-state index is 1.18. The van der Waals surface area contributed by atoms with Crippen LogP contribution in [0.15, 0.2) is 163 Å². The van der Waals surface area contributed by atoms with Gasteiger partial charge in [0.1, 0.15) is 0 Å². The Hall–Kier alpha value is -5.90. The van der Waals surface area contributed by atoms with Gasteiger partial charge in [0.05, 0.1) is 22.1 Å². The van der Waals surface area contributed by atoms with Crippen molar-refractivity contribution in [3.05, 3.63) is 169 Å². The Kier molecular flexibility index (Phi) is 5.99. The summed E-state index contributed by atoms with van der Waals surface area (Å²) in [5.74, 6) is 0. The van der Waals surface area contributed by atoms with Gasteiger partial charge in [0.2, 0.25) is 0 Å². The lowest BCUT2D eigenvalue weighted by molar-refractivity contribution is 1.17. The van der Waals surface area contributed by atoms with Crippen LogP contribution in [0.3, 0.4) is 0 Å². The van der Waals surface area contributed by atoms with Crippen LogP contribution in [0.2, 0.25) is 0 Å². The fourth-order valence-electron chi connectivity index (χ4n) is 7.69. The SMILES string of the molecule is Cc1cc(-c2csc3ccccc23)cc(-n2c3ccccc3c3cc(-c4ccc5c(c4)c4ccccc4n5-c4ccccc4)ccc32)c1. The smallest absolute Gasteiger partial charge is 0.0541 e. The molecule has 0 N–H and O–H groups in total. The van der Waals surface area contributed by atoms with E-state index in [-0.39, 0.29) is 0 Å². The Morgan fingerprint density at radius 2 is 0.938 bits per heavy atom. The van der Waals surface area contributed by atoms with Crippen LogP contribution in [0.5, 0.6) is 0 Å². The summed E-state index contributed by atoms with van der Waals surface area (Å²) in [5.41, 5.74) is 13.5. The summed E-state index contributed by atoms with van der Waals surface area (Å²) in [7, 11) is 0. The quantitative estimate of drug-likeness (QED) is 0.183. The van der Waals surface area contributed by atoms with E-state index >= 15 is 0 Å². The average molecular weight is 631 g/mol. The number of hydrogen-bond donors (Lipinski definition) is 0. The summed E-state index contributed by atoms with van der Waals surface area (Å²) in [4.78, 5) is 0. The first kappa shape index (κ1) is 27.2. The minimum Gasteiger partial charge on any atom is -0.309 e. The van der Waals surface area contributed by atoms with E-state index in [1.165, 1.54) is 92.9 Å². The zero-order valence-corrected chi connectivity index (χ0v) is 27.2. The number of thiophene rings is 1. The monoisotopic (exact) mass is 630 g/mol. The fourth-order valence-corrected chi connectivity index (χ4v) is 8.66. The molecule has 0 bridgehead atoms. The molecule has 7 aromatic carbocycles. The molecular weight excluding hydrogens is 601 g/mol. The van der Waals surface area contributed by atoms with Crippen molar-refractivity contribution in [2.45, 2.75) is 6.92 Å². The van der Waals surface area contributed by atoms with Gasteiger partial charge in [0.25, 0.3) is 0 Å². The number of rotatable bonds is 4. The molecule has 0 spiro atoms. The van der Waals surface area contributed by atoms with Crippen molar-refractivity contribution >= 4 is 65.0 Å². The number of fused-ring (bicyclic) bond motifs is 7. The third kappa shape index (κ3) is 4.11. The largest absolute Gasteiger partial charge is 0.309 e. The van der Waals surface area contributed by atoms with Gasteiger partial charge in [-0.25, -0.2) is 0 Å². The molecule has 0 unspecified atom stereocenters. The second-order valence-corrected chi connectivity index (χ2v) is 13.6. The molecule has 2 nitrogen and oxygen atoms in total. The lowest BCUT2D eigenvalue weighted by Gasteiger charge is -2.12. The Labute approximate surface area is 282 Å². The molecule has 0 aliphatic heterocycles. The van der Waals surface area contributed by atoms with Crippen LogP contribution in [0.4, 0.5) is 0 Å². The second-order valence-electron chi connectivity index (χ2n) is 12.7. The maximum atomic E-state index is 2.44. The topological polar surface area (TPSA) is 9.86 Å². The van der Waals surface area contributed by atoms with Gasteiger partial charge in [0.15, 0.2) is 0 Å². The number of nitrogens with zero attached hydrogens (tertiary/aromatic N) is 2. The second kappa shape index (κ2) is 10.6. The first-order valence-corrected chi connectivity index (χ1v) is 17.3. The van der Waals surface area contributed by atoms with Crippen LogP contribution in [0.25, 0.3) is 87.3 Å². The maximum Gasteiger partial charge on any atom is 0.0541 e. The summed E-state index contributed by atoms with van der Waals surface area (Å²) >= 11 is 1.82. The van der Waals surface area contributed by atoms with E-state index in [9.17, 15) is 0 Å². The summed E-state index contributed by atoms with van der Waals surface area (Å²) in [6, 6.07) is 57.8. The molecule has 0 atom stereocenters. The molecule has 10 rings (SSSR count). The highest BCUT2D eigenvalue weighted by atomic mass is 32.1. The Bertz CT molecular complexity index is 2850. The molecule has 226 valence electrons. The van der Waals surface area contributed by atoms with Gasteiger partial charge < -0.3 is 9.13 Å². The van der Waals surface area contributed by atoms with Crippen molar-refractivity contribution in [3.8, 4) is 33.6 Å². The molecule has 0 aliphatic carbocycles. The third-order valence-corrected chi connectivity index (χ3v) is 10.8. The Morgan fingerprint density at radius 3 is 1.60 bits per heavy atom. The molecule has 3 heterocycles. The fraction of sp³-hybridized carbons (Fsp3) is 0.0222. The van der Waals surface area contributed by atoms with Crippen molar-refractivity contribution in [1.82, 2.24) is 9.13 Å². The average Bonchev–Trinajstić information content (AvgIpc) is 3.81. The highest BCUT2D eigenvalue weighted by Crippen LogP contribution is 2.40. The van der Waals surface area contributed by atoms with Gasteiger partial charge >= 0.3 is 0 Å². The maximum absolute atomic E-state index is 2.44. The van der Waals surface area contributed by atoms with E-state index in [2.05, 4.69) is 179 Å². The molecular formula is C45H30N2S. The Balaban J connectivity index is 1.15.